The average Bonchev–Trinajstić information content (AvgIpc) is 2.18. The molecule has 0 radical (unpaired) electrons. The van der Waals surface area contributed by atoms with Crippen molar-refractivity contribution < 1.29 is 9.53 Å². The van der Waals surface area contributed by atoms with Crippen LogP contribution in [0.25, 0.3) is 0 Å². The lowest BCUT2D eigenvalue weighted by atomic mass is 10.3. The van der Waals surface area contributed by atoms with Gasteiger partial charge < -0.3 is 10.1 Å². The lowest BCUT2D eigenvalue weighted by molar-refractivity contribution is -0.141. The van der Waals surface area contributed by atoms with E-state index in [1.807, 2.05) is 30.3 Å². The highest BCUT2D eigenvalue weighted by Crippen LogP contribution is 2.07. The first-order valence-corrected chi connectivity index (χ1v) is 4.13. The van der Waals surface area contributed by atoms with Gasteiger partial charge in [0.25, 0.3) is 0 Å². The number of rotatable bonds is 3. The Balaban J connectivity index is 2.55. The summed E-state index contributed by atoms with van der Waals surface area (Å²) in [5, 5.41) is 3.02. The zero-order valence-corrected chi connectivity index (χ0v) is 7.78. The summed E-state index contributed by atoms with van der Waals surface area (Å²) in [5.41, 5.74) is 0.917. The van der Waals surface area contributed by atoms with Crippen molar-refractivity contribution in [2.75, 3.05) is 12.4 Å². The molecule has 0 saturated carbocycles. The zero-order chi connectivity index (χ0) is 9.68. The summed E-state index contributed by atoms with van der Waals surface area (Å²) in [4.78, 5) is 11.0. The van der Waals surface area contributed by atoms with Gasteiger partial charge in [0, 0.05) is 5.69 Å². The Morgan fingerprint density at radius 1 is 1.38 bits per heavy atom. The molecule has 0 aliphatic rings. The van der Waals surface area contributed by atoms with E-state index in [0.717, 1.165) is 5.69 Å². The molecule has 0 amide bonds. The third kappa shape index (κ3) is 2.78. The Morgan fingerprint density at radius 3 is 2.54 bits per heavy atom. The molecule has 1 atom stereocenters. The smallest absolute Gasteiger partial charge is 0.327 e. The molecule has 0 saturated heterocycles. The average molecular weight is 179 g/mol. The van der Waals surface area contributed by atoms with Gasteiger partial charge >= 0.3 is 5.97 Å². The Hall–Kier alpha value is -1.51. The fourth-order valence-corrected chi connectivity index (χ4v) is 1.02. The molecular weight excluding hydrogens is 166 g/mol. The van der Waals surface area contributed by atoms with Crippen LogP contribution >= 0.6 is 0 Å². The molecule has 3 heteroatoms. The number of esters is 1. The third-order valence-electron chi connectivity index (χ3n) is 1.71. The van der Waals surface area contributed by atoms with E-state index in [9.17, 15) is 4.79 Å². The van der Waals surface area contributed by atoms with Crippen molar-refractivity contribution in [1.82, 2.24) is 0 Å². The maximum Gasteiger partial charge on any atom is 0.327 e. The second-order valence-electron chi connectivity index (χ2n) is 2.76. The van der Waals surface area contributed by atoms with Crippen LogP contribution in [0.3, 0.4) is 0 Å². The van der Waals surface area contributed by atoms with E-state index in [4.69, 9.17) is 0 Å². The number of hydrogen-bond acceptors (Lipinski definition) is 3. The fourth-order valence-electron chi connectivity index (χ4n) is 1.02. The molecular formula is C10H13NO2. The van der Waals surface area contributed by atoms with E-state index in [1.165, 1.54) is 7.11 Å². The molecule has 1 rings (SSSR count). The minimum atomic E-state index is -0.313. The molecule has 0 aliphatic carbocycles. The van der Waals surface area contributed by atoms with Gasteiger partial charge in [-0.1, -0.05) is 18.2 Å². The van der Waals surface area contributed by atoms with Gasteiger partial charge in [-0.2, -0.15) is 0 Å². The number of para-hydroxylation sites is 1. The Bertz CT molecular complexity index is 272. The summed E-state index contributed by atoms with van der Waals surface area (Å²) >= 11 is 0. The number of nitrogens with one attached hydrogen (secondary N) is 1. The molecule has 13 heavy (non-hydrogen) atoms. The van der Waals surface area contributed by atoms with E-state index in [-0.39, 0.29) is 12.0 Å². The Kier molecular flexibility index (Phi) is 3.31. The van der Waals surface area contributed by atoms with Crippen LogP contribution in [0.5, 0.6) is 0 Å². The number of methoxy groups -OCH3 is 1. The lowest BCUT2D eigenvalue weighted by Crippen LogP contribution is -2.26. The number of anilines is 1. The predicted molar refractivity (Wildman–Crippen MR) is 51.5 cm³/mol. The molecule has 1 unspecified atom stereocenters. The summed E-state index contributed by atoms with van der Waals surface area (Å²) in [5.74, 6) is -0.260. The largest absolute Gasteiger partial charge is 0.467 e. The van der Waals surface area contributed by atoms with Crippen molar-refractivity contribution in [1.29, 1.82) is 0 Å². The summed E-state index contributed by atoms with van der Waals surface area (Å²) in [6.07, 6.45) is 0. The van der Waals surface area contributed by atoms with E-state index in [2.05, 4.69) is 10.1 Å². The van der Waals surface area contributed by atoms with Crippen LogP contribution in [0, 0.1) is 0 Å². The van der Waals surface area contributed by atoms with Crippen molar-refractivity contribution in [2.24, 2.45) is 0 Å². The first kappa shape index (κ1) is 9.58. The minimum Gasteiger partial charge on any atom is -0.467 e. The van der Waals surface area contributed by atoms with Gasteiger partial charge in [0.2, 0.25) is 0 Å². The van der Waals surface area contributed by atoms with Crippen molar-refractivity contribution in [3.63, 3.8) is 0 Å². The molecule has 1 aromatic rings. The van der Waals surface area contributed by atoms with E-state index < -0.39 is 0 Å². The lowest BCUT2D eigenvalue weighted by Gasteiger charge is -2.12. The van der Waals surface area contributed by atoms with Crippen LogP contribution in [-0.2, 0) is 9.53 Å². The van der Waals surface area contributed by atoms with Crippen LogP contribution < -0.4 is 5.32 Å². The van der Waals surface area contributed by atoms with Crippen LogP contribution in [-0.4, -0.2) is 19.1 Å². The number of carbonyl (C=O) groups excluding carboxylic acids is 1. The van der Waals surface area contributed by atoms with Gasteiger partial charge in [0.1, 0.15) is 6.04 Å². The third-order valence-corrected chi connectivity index (χ3v) is 1.71. The second kappa shape index (κ2) is 4.50. The highest BCUT2D eigenvalue weighted by Gasteiger charge is 2.11. The molecule has 1 N–H and O–H groups in total. The van der Waals surface area contributed by atoms with E-state index in [0.29, 0.717) is 0 Å². The monoisotopic (exact) mass is 179 g/mol. The van der Waals surface area contributed by atoms with Gasteiger partial charge in [-0.3, -0.25) is 0 Å². The van der Waals surface area contributed by atoms with Crippen molar-refractivity contribution in [3.8, 4) is 0 Å². The zero-order valence-electron chi connectivity index (χ0n) is 7.78. The maximum atomic E-state index is 11.0. The molecule has 0 fully saturated rings. The van der Waals surface area contributed by atoms with Crippen molar-refractivity contribution >= 4 is 11.7 Å². The molecule has 0 bridgehead atoms. The normalized spacial score (nSPS) is 11.8. The quantitative estimate of drug-likeness (QED) is 0.717. The van der Waals surface area contributed by atoms with Crippen molar-refractivity contribution in [2.45, 2.75) is 13.0 Å². The van der Waals surface area contributed by atoms with Gasteiger partial charge in [0.15, 0.2) is 0 Å². The molecule has 0 aromatic heterocycles. The SMILES string of the molecule is COC(=O)C(C)Nc1ccccc1. The van der Waals surface area contributed by atoms with Gasteiger partial charge in [0.05, 0.1) is 7.11 Å². The standard InChI is InChI=1S/C10H13NO2/c1-8(10(12)13-2)11-9-6-4-3-5-7-9/h3-8,11H,1-2H3. The maximum absolute atomic E-state index is 11.0. The Labute approximate surface area is 77.7 Å². The highest BCUT2D eigenvalue weighted by molar-refractivity contribution is 5.78. The number of benzene rings is 1. The molecule has 0 spiro atoms. The number of hydrogen-bond donors (Lipinski definition) is 1. The number of ether oxygens (including phenoxy) is 1. The first-order chi connectivity index (χ1) is 6.24. The van der Waals surface area contributed by atoms with Gasteiger partial charge in [-0.25, -0.2) is 4.79 Å². The van der Waals surface area contributed by atoms with Crippen molar-refractivity contribution in [3.05, 3.63) is 30.3 Å². The molecule has 0 heterocycles. The summed E-state index contributed by atoms with van der Waals surface area (Å²) < 4.78 is 4.58. The first-order valence-electron chi connectivity index (χ1n) is 4.13. The molecule has 0 aliphatic heterocycles. The molecule has 3 nitrogen and oxygen atoms in total. The minimum absolute atomic E-state index is 0.260. The molecule has 70 valence electrons. The van der Waals surface area contributed by atoms with Crippen LogP contribution in [0.15, 0.2) is 30.3 Å². The predicted octanol–water partition coefficient (Wildman–Crippen LogP) is 1.66. The second-order valence-corrected chi connectivity index (χ2v) is 2.76. The fraction of sp³-hybridized carbons (Fsp3) is 0.300. The summed E-state index contributed by atoms with van der Waals surface area (Å²) in [7, 11) is 1.38. The summed E-state index contributed by atoms with van der Waals surface area (Å²) in [6.45, 7) is 1.76. The summed E-state index contributed by atoms with van der Waals surface area (Å²) in [6, 6.07) is 9.23. The Morgan fingerprint density at radius 2 is 2.00 bits per heavy atom. The van der Waals surface area contributed by atoms with Gasteiger partial charge in [-0.15, -0.1) is 0 Å². The van der Waals surface area contributed by atoms with E-state index in [1.54, 1.807) is 6.92 Å². The highest BCUT2D eigenvalue weighted by atomic mass is 16.5. The number of carbonyl (C=O) groups is 1. The molecule has 1 aromatic carbocycles. The topological polar surface area (TPSA) is 38.3 Å². The van der Waals surface area contributed by atoms with E-state index >= 15 is 0 Å². The van der Waals surface area contributed by atoms with Gasteiger partial charge in [-0.05, 0) is 19.1 Å². The van der Waals surface area contributed by atoms with Crippen LogP contribution in [0.2, 0.25) is 0 Å². The van der Waals surface area contributed by atoms with Crippen LogP contribution in [0.4, 0.5) is 5.69 Å². The van der Waals surface area contributed by atoms with Crippen LogP contribution in [0.1, 0.15) is 6.92 Å².